The lowest BCUT2D eigenvalue weighted by Crippen LogP contribution is -2.30. The Morgan fingerprint density at radius 2 is 0.534 bits per heavy atom. The molecule has 1 unspecified atom stereocenters. The number of carbonyl (C=O) groups excluding carboxylic acids is 3. The van der Waals surface area contributed by atoms with E-state index in [0.717, 1.165) is 96.3 Å². The molecular formula is C67H118O6. The van der Waals surface area contributed by atoms with Crippen molar-refractivity contribution >= 4 is 17.9 Å². The molecule has 0 saturated carbocycles. The summed E-state index contributed by atoms with van der Waals surface area (Å²) in [5, 5.41) is 0. The zero-order valence-electron chi connectivity index (χ0n) is 48.4. The lowest BCUT2D eigenvalue weighted by Gasteiger charge is -2.18. The minimum atomic E-state index is -0.767. The van der Waals surface area contributed by atoms with Crippen molar-refractivity contribution in [2.75, 3.05) is 13.2 Å². The third-order valence-electron chi connectivity index (χ3n) is 13.7. The number of esters is 3. The van der Waals surface area contributed by atoms with Crippen LogP contribution in [0.5, 0.6) is 0 Å². The third-order valence-corrected chi connectivity index (χ3v) is 13.7. The van der Waals surface area contributed by atoms with Crippen LogP contribution in [-0.2, 0) is 28.6 Å². The van der Waals surface area contributed by atoms with Crippen molar-refractivity contribution in [1.29, 1.82) is 0 Å². The Bertz CT molecular complexity index is 1360. The summed E-state index contributed by atoms with van der Waals surface area (Å²) in [5.74, 6) is -0.858. The van der Waals surface area contributed by atoms with Gasteiger partial charge in [0.05, 0.1) is 0 Å². The largest absolute Gasteiger partial charge is 0.462 e. The molecule has 0 spiro atoms. The van der Waals surface area contributed by atoms with Crippen LogP contribution in [0.2, 0.25) is 0 Å². The molecule has 0 aromatic heterocycles. The first-order valence-corrected chi connectivity index (χ1v) is 31.4. The lowest BCUT2D eigenvalue weighted by atomic mass is 10.0. The highest BCUT2D eigenvalue weighted by atomic mass is 16.6. The summed E-state index contributed by atoms with van der Waals surface area (Å²) in [6, 6.07) is 0. The Morgan fingerprint density at radius 3 is 0.836 bits per heavy atom. The van der Waals surface area contributed by atoms with E-state index in [0.29, 0.717) is 19.3 Å². The Kier molecular flexibility index (Phi) is 58.7. The van der Waals surface area contributed by atoms with Crippen molar-refractivity contribution in [1.82, 2.24) is 0 Å². The molecule has 0 aliphatic heterocycles. The maximum atomic E-state index is 12.8. The van der Waals surface area contributed by atoms with Gasteiger partial charge in [-0.2, -0.15) is 0 Å². The second-order valence-electron chi connectivity index (χ2n) is 21.0. The fraction of sp³-hybridized carbons (Fsp3) is 0.776. The van der Waals surface area contributed by atoms with Gasteiger partial charge in [-0.15, -0.1) is 0 Å². The standard InChI is InChI=1S/C67H118O6/c1-4-7-10-13-16-19-21-22-23-24-25-26-27-28-29-30-31-32-33-34-35-36-37-38-39-40-41-42-43-44-46-48-51-54-57-60-66(69)72-63-64(62-71-65(68)59-56-53-50-47-18-15-12-9-6-3)73-67(70)61-58-55-52-49-45-20-17-14-11-8-5-2/h7,10,16,19,22-23,25-26,28-29,31-32,64H,4-6,8-9,11-15,17-18,20-21,24,27,30,33-63H2,1-3H3/b10-7-,19-16-,23-22-,26-25-,29-28-,32-31-. The molecule has 0 aromatic rings. The molecule has 0 fully saturated rings. The van der Waals surface area contributed by atoms with Gasteiger partial charge in [-0.25, -0.2) is 0 Å². The summed E-state index contributed by atoms with van der Waals surface area (Å²) >= 11 is 0. The van der Waals surface area contributed by atoms with Crippen molar-refractivity contribution in [3.05, 3.63) is 72.9 Å². The molecule has 73 heavy (non-hydrogen) atoms. The van der Waals surface area contributed by atoms with Crippen LogP contribution in [-0.4, -0.2) is 37.2 Å². The number of hydrogen-bond donors (Lipinski definition) is 0. The highest BCUT2D eigenvalue weighted by molar-refractivity contribution is 5.71. The fourth-order valence-electron chi connectivity index (χ4n) is 9.04. The summed E-state index contributed by atoms with van der Waals surface area (Å²) in [6.45, 7) is 6.52. The molecule has 422 valence electrons. The molecule has 0 aromatic carbocycles. The Morgan fingerprint density at radius 1 is 0.288 bits per heavy atom. The topological polar surface area (TPSA) is 78.9 Å². The number of rotatable bonds is 57. The van der Waals surface area contributed by atoms with Gasteiger partial charge in [0.25, 0.3) is 0 Å². The number of carbonyl (C=O) groups is 3. The van der Waals surface area contributed by atoms with Crippen LogP contribution in [0.15, 0.2) is 72.9 Å². The van der Waals surface area contributed by atoms with Crippen LogP contribution in [0.3, 0.4) is 0 Å². The zero-order chi connectivity index (χ0) is 52.9. The highest BCUT2D eigenvalue weighted by Gasteiger charge is 2.19. The van der Waals surface area contributed by atoms with Gasteiger partial charge >= 0.3 is 17.9 Å². The van der Waals surface area contributed by atoms with Crippen LogP contribution in [0.4, 0.5) is 0 Å². The lowest BCUT2D eigenvalue weighted by molar-refractivity contribution is -0.167. The third kappa shape index (κ3) is 59.6. The smallest absolute Gasteiger partial charge is 0.306 e. The molecule has 6 nitrogen and oxygen atoms in total. The van der Waals surface area contributed by atoms with E-state index >= 15 is 0 Å². The summed E-state index contributed by atoms with van der Waals surface area (Å²) in [7, 11) is 0. The first-order valence-electron chi connectivity index (χ1n) is 31.4. The average Bonchev–Trinajstić information content (AvgIpc) is 3.39. The van der Waals surface area contributed by atoms with Crippen LogP contribution in [0, 0.1) is 0 Å². The maximum absolute atomic E-state index is 12.8. The quantitative estimate of drug-likeness (QED) is 0.0261. The Balaban J connectivity index is 3.98. The molecule has 0 radical (unpaired) electrons. The molecule has 0 saturated heterocycles. The summed E-state index contributed by atoms with van der Waals surface area (Å²) in [4.78, 5) is 38.0. The maximum Gasteiger partial charge on any atom is 0.306 e. The molecule has 0 bridgehead atoms. The SMILES string of the molecule is CC/C=C\C/C=C\C/C=C\C/C=C\C/C=C\C/C=C\CCCCCCCCCCCCCCCCCCC(=O)OCC(COC(=O)CCCCCCCCCCC)OC(=O)CCCCCCCCCCCCC. The first kappa shape index (κ1) is 69.8. The van der Waals surface area contributed by atoms with Gasteiger partial charge in [0.15, 0.2) is 6.10 Å². The molecule has 0 N–H and O–H groups in total. The van der Waals surface area contributed by atoms with Gasteiger partial charge in [0.1, 0.15) is 13.2 Å². The van der Waals surface area contributed by atoms with Crippen molar-refractivity contribution in [3.63, 3.8) is 0 Å². The fourth-order valence-corrected chi connectivity index (χ4v) is 9.04. The normalized spacial score (nSPS) is 12.5. The van der Waals surface area contributed by atoms with E-state index in [-0.39, 0.29) is 31.1 Å². The summed E-state index contributed by atoms with van der Waals surface area (Å²) in [5.41, 5.74) is 0. The Labute approximate surface area is 453 Å². The van der Waals surface area contributed by atoms with Gasteiger partial charge in [0.2, 0.25) is 0 Å². The average molecular weight is 1020 g/mol. The minimum absolute atomic E-state index is 0.0686. The van der Waals surface area contributed by atoms with E-state index in [4.69, 9.17) is 14.2 Å². The van der Waals surface area contributed by atoms with E-state index in [1.165, 1.54) is 180 Å². The van der Waals surface area contributed by atoms with Gasteiger partial charge in [-0.3, -0.25) is 14.4 Å². The van der Waals surface area contributed by atoms with Crippen LogP contribution in [0.1, 0.15) is 316 Å². The number of ether oxygens (including phenoxy) is 3. The molecule has 0 rings (SSSR count). The van der Waals surface area contributed by atoms with Crippen molar-refractivity contribution in [3.8, 4) is 0 Å². The van der Waals surface area contributed by atoms with E-state index in [9.17, 15) is 14.4 Å². The zero-order valence-corrected chi connectivity index (χ0v) is 48.4. The first-order chi connectivity index (χ1) is 36.0. The van der Waals surface area contributed by atoms with Gasteiger partial charge in [0, 0.05) is 19.3 Å². The number of allylic oxidation sites excluding steroid dienone is 12. The van der Waals surface area contributed by atoms with Gasteiger partial charge < -0.3 is 14.2 Å². The van der Waals surface area contributed by atoms with Crippen molar-refractivity contribution < 1.29 is 28.6 Å². The van der Waals surface area contributed by atoms with Gasteiger partial charge in [-0.05, 0) is 70.6 Å². The van der Waals surface area contributed by atoms with Gasteiger partial charge in [-0.1, -0.05) is 299 Å². The van der Waals surface area contributed by atoms with E-state index in [1.807, 2.05) is 0 Å². The molecular weight excluding hydrogens is 901 g/mol. The van der Waals surface area contributed by atoms with E-state index in [1.54, 1.807) is 0 Å². The summed E-state index contributed by atoms with van der Waals surface area (Å²) in [6.07, 6.45) is 79.4. The van der Waals surface area contributed by atoms with Crippen molar-refractivity contribution in [2.45, 2.75) is 322 Å². The summed E-state index contributed by atoms with van der Waals surface area (Å²) < 4.78 is 16.8. The Hall–Kier alpha value is -3.15. The molecule has 0 aliphatic rings. The van der Waals surface area contributed by atoms with Crippen LogP contribution in [0.25, 0.3) is 0 Å². The van der Waals surface area contributed by atoms with E-state index in [2.05, 4.69) is 93.7 Å². The predicted octanol–water partition coefficient (Wildman–Crippen LogP) is 21.3. The van der Waals surface area contributed by atoms with E-state index < -0.39 is 6.10 Å². The number of hydrogen-bond acceptors (Lipinski definition) is 6. The molecule has 1 atom stereocenters. The molecule has 0 amide bonds. The second-order valence-corrected chi connectivity index (χ2v) is 21.0. The minimum Gasteiger partial charge on any atom is -0.462 e. The molecule has 6 heteroatoms. The van der Waals surface area contributed by atoms with Crippen LogP contribution < -0.4 is 0 Å². The monoisotopic (exact) mass is 1020 g/mol. The molecule has 0 heterocycles. The molecule has 0 aliphatic carbocycles. The van der Waals surface area contributed by atoms with Crippen molar-refractivity contribution in [2.24, 2.45) is 0 Å². The second kappa shape index (κ2) is 61.4. The number of unbranched alkanes of at least 4 members (excludes halogenated alkanes) is 34. The highest BCUT2D eigenvalue weighted by Crippen LogP contribution is 2.17. The predicted molar refractivity (Wildman–Crippen MR) is 316 cm³/mol. The van der Waals surface area contributed by atoms with Crippen LogP contribution >= 0.6 is 0 Å².